The lowest BCUT2D eigenvalue weighted by Gasteiger charge is -2.30. The highest BCUT2D eigenvalue weighted by atomic mass is 16.5. The van der Waals surface area contributed by atoms with E-state index in [9.17, 15) is 4.79 Å². The van der Waals surface area contributed by atoms with Gasteiger partial charge < -0.3 is 13.9 Å². The third-order valence-corrected chi connectivity index (χ3v) is 3.83. The molecular formula is C14H19N5O2. The van der Waals surface area contributed by atoms with Crippen LogP contribution >= 0.6 is 0 Å². The summed E-state index contributed by atoms with van der Waals surface area (Å²) < 4.78 is 9.49. The molecule has 0 aliphatic carbocycles. The summed E-state index contributed by atoms with van der Waals surface area (Å²) in [5.41, 5.74) is 0. The number of nitrogens with zero attached hydrogens (tertiary/aromatic N) is 4. The van der Waals surface area contributed by atoms with Crippen LogP contribution in [0.5, 0.6) is 0 Å². The second-order valence-electron chi connectivity index (χ2n) is 5.29. The van der Waals surface area contributed by atoms with Gasteiger partial charge in [-0.15, -0.1) is 0 Å². The maximum Gasteiger partial charge on any atom is 0.232 e. The molecule has 0 saturated carbocycles. The first-order valence-electron chi connectivity index (χ1n) is 7.04. The van der Waals surface area contributed by atoms with Crippen molar-refractivity contribution in [1.29, 1.82) is 0 Å². The average Bonchev–Trinajstić information content (AvgIpc) is 3.08. The maximum atomic E-state index is 12.6. The van der Waals surface area contributed by atoms with Gasteiger partial charge in [-0.3, -0.25) is 10.1 Å². The largest absolute Gasteiger partial charge is 0.369 e. The average molecular weight is 289 g/mol. The van der Waals surface area contributed by atoms with Gasteiger partial charge in [0.2, 0.25) is 11.9 Å². The van der Waals surface area contributed by atoms with Crippen molar-refractivity contribution in [3.05, 3.63) is 30.6 Å². The van der Waals surface area contributed by atoms with Crippen molar-refractivity contribution in [3.63, 3.8) is 0 Å². The summed E-state index contributed by atoms with van der Waals surface area (Å²) in [5.74, 6) is 1.01. The van der Waals surface area contributed by atoms with E-state index in [4.69, 9.17) is 4.74 Å². The Labute approximate surface area is 123 Å². The van der Waals surface area contributed by atoms with E-state index in [1.165, 1.54) is 0 Å². The Hall–Kier alpha value is -2.15. The van der Waals surface area contributed by atoms with E-state index in [-0.39, 0.29) is 17.9 Å². The molecule has 1 amide bonds. The molecule has 2 atom stereocenters. The number of imidazole rings is 2. The third kappa shape index (κ3) is 2.69. The van der Waals surface area contributed by atoms with Crippen LogP contribution in [0.4, 0.5) is 5.95 Å². The van der Waals surface area contributed by atoms with Gasteiger partial charge in [0.25, 0.3) is 0 Å². The number of rotatable bonds is 3. The van der Waals surface area contributed by atoms with E-state index in [1.54, 1.807) is 23.2 Å². The van der Waals surface area contributed by atoms with E-state index < -0.39 is 0 Å². The van der Waals surface area contributed by atoms with Crippen molar-refractivity contribution < 1.29 is 9.53 Å². The number of carbonyl (C=O) groups excluding carboxylic acids is 1. The fourth-order valence-corrected chi connectivity index (χ4v) is 2.64. The van der Waals surface area contributed by atoms with Crippen molar-refractivity contribution in [2.45, 2.75) is 18.9 Å². The summed E-state index contributed by atoms with van der Waals surface area (Å²) in [4.78, 5) is 21.0. The number of carbonyl (C=O) groups is 1. The van der Waals surface area contributed by atoms with Gasteiger partial charge in [-0.25, -0.2) is 9.97 Å². The molecule has 0 unspecified atom stereocenters. The van der Waals surface area contributed by atoms with Gasteiger partial charge in [0.15, 0.2) is 0 Å². The van der Waals surface area contributed by atoms with Crippen LogP contribution in [0.2, 0.25) is 0 Å². The number of aryl methyl sites for hydroxylation is 2. The van der Waals surface area contributed by atoms with Gasteiger partial charge in [-0.1, -0.05) is 0 Å². The third-order valence-electron chi connectivity index (χ3n) is 3.83. The smallest absolute Gasteiger partial charge is 0.232 e. The van der Waals surface area contributed by atoms with E-state index >= 15 is 0 Å². The molecule has 2 aromatic rings. The Morgan fingerprint density at radius 2 is 2.05 bits per heavy atom. The molecule has 7 nitrogen and oxygen atoms in total. The monoisotopic (exact) mass is 289 g/mol. The molecule has 1 saturated heterocycles. The molecular weight excluding hydrogens is 270 g/mol. The van der Waals surface area contributed by atoms with Crippen LogP contribution < -0.4 is 5.32 Å². The summed E-state index contributed by atoms with van der Waals surface area (Å²) in [7, 11) is 3.75. The minimum Gasteiger partial charge on any atom is -0.369 e. The second kappa shape index (κ2) is 5.69. The predicted octanol–water partition coefficient (Wildman–Crippen LogP) is 1.26. The highest BCUT2D eigenvalue weighted by molar-refractivity contribution is 5.91. The van der Waals surface area contributed by atoms with Crippen molar-refractivity contribution in [2.24, 2.45) is 20.0 Å². The molecule has 1 aliphatic heterocycles. The fraction of sp³-hybridized carbons (Fsp3) is 0.500. The van der Waals surface area contributed by atoms with Crippen LogP contribution in [-0.2, 0) is 23.6 Å². The molecule has 0 spiro atoms. The summed E-state index contributed by atoms with van der Waals surface area (Å²) in [6, 6.07) is 0. The Balaban J connectivity index is 1.79. The van der Waals surface area contributed by atoms with Crippen molar-refractivity contribution in [3.8, 4) is 0 Å². The second-order valence-corrected chi connectivity index (χ2v) is 5.29. The summed E-state index contributed by atoms with van der Waals surface area (Å²) in [5, 5.41) is 2.87. The lowest BCUT2D eigenvalue weighted by molar-refractivity contribution is -0.130. The molecule has 0 bridgehead atoms. The molecule has 21 heavy (non-hydrogen) atoms. The van der Waals surface area contributed by atoms with Gasteiger partial charge in [0, 0.05) is 45.5 Å². The zero-order valence-corrected chi connectivity index (χ0v) is 12.2. The molecule has 1 aliphatic rings. The molecule has 1 N–H and O–H groups in total. The molecule has 112 valence electrons. The highest BCUT2D eigenvalue weighted by Gasteiger charge is 2.35. The van der Waals surface area contributed by atoms with Gasteiger partial charge in [0.1, 0.15) is 11.9 Å². The summed E-state index contributed by atoms with van der Waals surface area (Å²) in [6.45, 7) is 0.656. The number of ether oxygens (including phenoxy) is 1. The van der Waals surface area contributed by atoms with Crippen molar-refractivity contribution >= 4 is 11.9 Å². The van der Waals surface area contributed by atoms with E-state index in [1.807, 2.05) is 24.9 Å². The number of aromatic nitrogens is 4. The lowest BCUT2D eigenvalue weighted by Crippen LogP contribution is -2.34. The zero-order chi connectivity index (χ0) is 14.8. The topological polar surface area (TPSA) is 74.0 Å². The van der Waals surface area contributed by atoms with Crippen LogP contribution in [0.1, 0.15) is 24.8 Å². The molecule has 2 aromatic heterocycles. The number of hydrogen-bond donors (Lipinski definition) is 1. The first-order valence-corrected chi connectivity index (χ1v) is 7.04. The lowest BCUT2D eigenvalue weighted by atomic mass is 9.92. The zero-order valence-electron chi connectivity index (χ0n) is 12.2. The highest BCUT2D eigenvalue weighted by Crippen LogP contribution is 2.33. The number of amides is 1. The molecule has 7 heteroatoms. The minimum atomic E-state index is -0.306. The Morgan fingerprint density at radius 1 is 1.29 bits per heavy atom. The maximum absolute atomic E-state index is 12.6. The Morgan fingerprint density at radius 3 is 2.71 bits per heavy atom. The molecule has 0 aromatic carbocycles. The minimum absolute atomic E-state index is 0.0722. The summed E-state index contributed by atoms with van der Waals surface area (Å²) >= 11 is 0. The number of anilines is 1. The van der Waals surface area contributed by atoms with Crippen molar-refractivity contribution in [2.75, 3.05) is 11.9 Å². The first kappa shape index (κ1) is 13.8. The number of hydrogen-bond acceptors (Lipinski definition) is 4. The quantitative estimate of drug-likeness (QED) is 0.923. The molecule has 0 radical (unpaired) electrons. The first-order chi connectivity index (χ1) is 10.2. The van der Waals surface area contributed by atoms with Gasteiger partial charge >= 0.3 is 0 Å². The van der Waals surface area contributed by atoms with Crippen LogP contribution in [0, 0.1) is 5.92 Å². The molecule has 3 rings (SSSR count). The van der Waals surface area contributed by atoms with Crippen LogP contribution in [0.15, 0.2) is 24.8 Å². The predicted molar refractivity (Wildman–Crippen MR) is 76.5 cm³/mol. The number of nitrogens with one attached hydrogen (secondary N) is 1. The van der Waals surface area contributed by atoms with E-state index in [0.29, 0.717) is 12.6 Å². The van der Waals surface area contributed by atoms with Crippen LogP contribution in [0.25, 0.3) is 0 Å². The SMILES string of the molecule is Cn1ccnc1NC(=O)[C@@H]1CCCO[C@H]1c1nccn1C. The van der Waals surface area contributed by atoms with Gasteiger partial charge in [0.05, 0.1) is 5.92 Å². The van der Waals surface area contributed by atoms with Gasteiger partial charge in [-0.05, 0) is 12.8 Å². The molecule has 3 heterocycles. The Kier molecular flexibility index (Phi) is 3.74. The van der Waals surface area contributed by atoms with Crippen LogP contribution in [-0.4, -0.2) is 31.6 Å². The standard InChI is InChI=1S/C14H19N5O2/c1-18-7-5-15-12(18)11-10(4-3-9-21-11)13(20)17-14-16-6-8-19(14)2/h5-8,10-11H,3-4,9H2,1-2H3,(H,16,17,20)/t10-,11-/m1/s1. The Bertz CT molecular complexity index is 633. The fourth-order valence-electron chi connectivity index (χ4n) is 2.64. The summed E-state index contributed by atoms with van der Waals surface area (Å²) in [6.07, 6.45) is 8.39. The molecule has 1 fully saturated rings. The van der Waals surface area contributed by atoms with Crippen molar-refractivity contribution in [1.82, 2.24) is 19.1 Å². The van der Waals surface area contributed by atoms with E-state index in [0.717, 1.165) is 18.7 Å². The van der Waals surface area contributed by atoms with E-state index in [2.05, 4.69) is 15.3 Å². The van der Waals surface area contributed by atoms with Crippen LogP contribution in [0.3, 0.4) is 0 Å². The van der Waals surface area contributed by atoms with Gasteiger partial charge in [-0.2, -0.15) is 0 Å². The normalized spacial score (nSPS) is 22.2.